The van der Waals surface area contributed by atoms with Crippen molar-refractivity contribution in [3.05, 3.63) is 72.1 Å². The van der Waals surface area contributed by atoms with Crippen LogP contribution < -0.4 is 25.0 Å². The molecule has 43 heavy (non-hydrogen) atoms. The van der Waals surface area contributed by atoms with Gasteiger partial charge in [-0.15, -0.1) is 11.8 Å². The molecule has 0 bridgehead atoms. The first-order chi connectivity index (χ1) is 20.8. The predicted octanol–water partition coefficient (Wildman–Crippen LogP) is 5.78. The van der Waals surface area contributed by atoms with Gasteiger partial charge in [0.25, 0.3) is 0 Å². The van der Waals surface area contributed by atoms with Crippen molar-refractivity contribution in [2.75, 3.05) is 62.3 Å². The molecule has 1 aliphatic heterocycles. The van der Waals surface area contributed by atoms with Crippen molar-refractivity contribution in [2.45, 2.75) is 4.90 Å². The fourth-order valence-electron chi connectivity index (χ4n) is 4.68. The second-order valence-corrected chi connectivity index (χ2v) is 10.1. The summed E-state index contributed by atoms with van der Waals surface area (Å²) in [7, 11) is 2.40. The Labute approximate surface area is 250 Å². The number of thioether (sulfide) groups is 1. The van der Waals surface area contributed by atoms with Crippen LogP contribution in [-0.4, -0.2) is 63.5 Å². The molecule has 1 amide bonds. The van der Waals surface area contributed by atoms with Gasteiger partial charge in [-0.1, -0.05) is 6.58 Å². The van der Waals surface area contributed by atoms with Gasteiger partial charge in [0.2, 0.25) is 11.7 Å². The first-order valence-corrected chi connectivity index (χ1v) is 14.3. The molecule has 0 spiro atoms. The molecule has 2 aromatic heterocycles. The number of furan rings is 1. The second kappa shape index (κ2) is 12.7. The molecule has 224 valence electrons. The lowest BCUT2D eigenvalue weighted by Crippen LogP contribution is -2.36. The van der Waals surface area contributed by atoms with Crippen LogP contribution in [0.5, 0.6) is 11.5 Å². The summed E-state index contributed by atoms with van der Waals surface area (Å²) in [6.45, 7) is 6.18. The normalized spacial score (nSPS) is 13.1. The number of hydrogen-bond acceptors (Lipinski definition) is 10. The van der Waals surface area contributed by atoms with E-state index in [0.29, 0.717) is 40.7 Å². The highest BCUT2D eigenvalue weighted by Crippen LogP contribution is 2.39. The van der Waals surface area contributed by atoms with E-state index < -0.39 is 23.0 Å². The highest BCUT2D eigenvalue weighted by Gasteiger charge is 2.31. The number of pyridine rings is 1. The first-order valence-electron chi connectivity index (χ1n) is 13.1. The Morgan fingerprint density at radius 2 is 1.77 bits per heavy atom. The van der Waals surface area contributed by atoms with Gasteiger partial charge in [0.1, 0.15) is 11.4 Å². The lowest BCUT2D eigenvalue weighted by atomic mass is 10.1. The van der Waals surface area contributed by atoms with Crippen LogP contribution in [0.15, 0.2) is 58.5 Å². The van der Waals surface area contributed by atoms with Gasteiger partial charge in [0.05, 0.1) is 49.9 Å². The number of hydrogen-bond donors (Lipinski definition) is 2. The highest BCUT2D eigenvalue weighted by atomic mass is 32.2. The summed E-state index contributed by atoms with van der Waals surface area (Å²) in [5.74, 6) is -4.34. The third-order valence-corrected chi connectivity index (χ3v) is 7.64. The van der Waals surface area contributed by atoms with Crippen LogP contribution in [0.2, 0.25) is 0 Å². The van der Waals surface area contributed by atoms with E-state index in [2.05, 4.69) is 27.1 Å². The lowest BCUT2D eigenvalue weighted by molar-refractivity contribution is -0.111. The van der Waals surface area contributed by atoms with Crippen molar-refractivity contribution in [3.8, 4) is 11.5 Å². The van der Waals surface area contributed by atoms with Gasteiger partial charge in [0, 0.05) is 30.2 Å². The Balaban J connectivity index is 1.52. The number of rotatable bonds is 10. The average Bonchev–Trinajstić information content (AvgIpc) is 3.40. The Kier molecular flexibility index (Phi) is 8.83. The number of halogens is 2. The van der Waals surface area contributed by atoms with Gasteiger partial charge in [-0.05, 0) is 36.6 Å². The van der Waals surface area contributed by atoms with Gasteiger partial charge in [-0.25, -0.2) is 13.8 Å². The van der Waals surface area contributed by atoms with Crippen LogP contribution in [0.25, 0.3) is 11.0 Å². The topological polar surface area (TPSA) is 115 Å². The zero-order valence-electron chi connectivity index (χ0n) is 23.6. The van der Waals surface area contributed by atoms with E-state index in [1.807, 2.05) is 18.2 Å². The van der Waals surface area contributed by atoms with Gasteiger partial charge >= 0.3 is 0 Å². The lowest BCUT2D eigenvalue weighted by Gasteiger charge is -2.29. The third kappa shape index (κ3) is 5.86. The number of nitrogens with one attached hydrogen (secondary N) is 2. The third-order valence-electron chi connectivity index (χ3n) is 6.83. The molecule has 2 N–H and O–H groups in total. The monoisotopic (exact) mass is 610 g/mol. The molecule has 13 heteroatoms. The number of nitrogens with zero attached hydrogens (tertiary/aromatic N) is 2. The summed E-state index contributed by atoms with van der Waals surface area (Å²) >= 11 is 1.17. The standard InChI is InChI=1S/C30H28F2N4O6S/c1-5-24(37)35-19-12-16(36-8-10-41-11-9-36)6-7-18(19)34-23-13-17-22(15-33-23)42-29(30(17)43-4)28(38)25-26(31)20(39-2)14-21(40-3)27(25)32/h5-7,12-15H,1,8-11H2,2-4H3,(H,33,34)(H,35,37). The van der Waals surface area contributed by atoms with E-state index in [-0.39, 0.29) is 28.7 Å². The minimum Gasteiger partial charge on any atom is -0.494 e. The summed E-state index contributed by atoms with van der Waals surface area (Å²) < 4.78 is 51.4. The maximum absolute atomic E-state index is 15.1. The van der Waals surface area contributed by atoms with Crippen LogP contribution in [0, 0.1) is 11.6 Å². The molecule has 0 saturated carbocycles. The van der Waals surface area contributed by atoms with Crippen LogP contribution in [0.4, 0.5) is 31.7 Å². The predicted molar refractivity (Wildman–Crippen MR) is 160 cm³/mol. The smallest absolute Gasteiger partial charge is 0.247 e. The number of fused-ring (bicyclic) bond motifs is 1. The molecule has 5 rings (SSSR count). The fourth-order valence-corrected chi connectivity index (χ4v) is 5.38. The molecule has 10 nitrogen and oxygen atoms in total. The number of carbonyl (C=O) groups is 2. The van der Waals surface area contributed by atoms with Gasteiger partial charge in [-0.2, -0.15) is 0 Å². The summed E-state index contributed by atoms with van der Waals surface area (Å²) in [5, 5.41) is 6.52. The van der Waals surface area contributed by atoms with Crippen LogP contribution in [0.1, 0.15) is 16.1 Å². The molecule has 2 aromatic carbocycles. The largest absolute Gasteiger partial charge is 0.494 e. The second-order valence-electron chi connectivity index (χ2n) is 9.29. The minimum atomic E-state index is -1.17. The van der Waals surface area contributed by atoms with Crippen LogP contribution in [0.3, 0.4) is 0 Å². The summed E-state index contributed by atoms with van der Waals surface area (Å²) in [6, 6.07) is 8.26. The number of anilines is 4. The molecule has 4 aromatic rings. The minimum absolute atomic E-state index is 0.233. The molecule has 0 aliphatic carbocycles. The van der Waals surface area contributed by atoms with Crippen molar-refractivity contribution in [2.24, 2.45) is 0 Å². The maximum Gasteiger partial charge on any atom is 0.247 e. The first kappa shape index (κ1) is 29.9. The Morgan fingerprint density at radius 3 is 2.40 bits per heavy atom. The zero-order valence-corrected chi connectivity index (χ0v) is 24.4. The van der Waals surface area contributed by atoms with Crippen LogP contribution >= 0.6 is 11.8 Å². The zero-order chi connectivity index (χ0) is 30.7. The molecule has 1 saturated heterocycles. The van der Waals surface area contributed by atoms with Crippen molar-refractivity contribution < 1.29 is 37.0 Å². The molecular weight excluding hydrogens is 582 g/mol. The molecular formula is C30H28F2N4O6S. The molecule has 3 heterocycles. The molecule has 0 radical (unpaired) electrons. The maximum atomic E-state index is 15.1. The number of ether oxygens (including phenoxy) is 3. The molecule has 0 atom stereocenters. The van der Waals surface area contributed by atoms with Gasteiger partial charge in [0.15, 0.2) is 34.5 Å². The van der Waals surface area contributed by atoms with Crippen LogP contribution in [-0.2, 0) is 9.53 Å². The number of amides is 1. The van der Waals surface area contributed by atoms with E-state index in [0.717, 1.165) is 24.8 Å². The van der Waals surface area contributed by atoms with E-state index in [9.17, 15) is 9.59 Å². The van der Waals surface area contributed by atoms with E-state index in [1.165, 1.54) is 38.3 Å². The number of carbonyl (C=O) groups excluding carboxylic acids is 2. The average molecular weight is 611 g/mol. The number of morpholine rings is 1. The Morgan fingerprint density at radius 1 is 1.07 bits per heavy atom. The summed E-state index contributed by atoms with van der Waals surface area (Å²) in [6.07, 6.45) is 4.28. The summed E-state index contributed by atoms with van der Waals surface area (Å²) in [4.78, 5) is 32.6. The van der Waals surface area contributed by atoms with Crippen molar-refractivity contribution in [1.82, 2.24) is 4.98 Å². The molecule has 1 fully saturated rings. The highest BCUT2D eigenvalue weighted by molar-refractivity contribution is 7.99. The van der Waals surface area contributed by atoms with Crippen molar-refractivity contribution >= 4 is 57.3 Å². The van der Waals surface area contributed by atoms with Crippen molar-refractivity contribution in [3.63, 3.8) is 0 Å². The van der Waals surface area contributed by atoms with Gasteiger partial charge < -0.3 is 34.2 Å². The fraction of sp³-hybridized carbons (Fsp3) is 0.233. The molecule has 1 aliphatic rings. The number of benzene rings is 2. The van der Waals surface area contributed by atoms with Crippen molar-refractivity contribution in [1.29, 1.82) is 0 Å². The Hall–Kier alpha value is -4.62. The summed E-state index contributed by atoms with van der Waals surface area (Å²) in [5.41, 5.74) is 1.34. The number of methoxy groups -OCH3 is 2. The van der Waals surface area contributed by atoms with E-state index >= 15 is 8.78 Å². The molecule has 0 unspecified atom stereocenters. The van der Waals surface area contributed by atoms with Gasteiger partial charge in [-0.3, -0.25) is 9.59 Å². The number of aromatic nitrogens is 1. The van der Waals surface area contributed by atoms with E-state index in [4.69, 9.17) is 18.6 Å². The number of ketones is 1. The Bertz CT molecular complexity index is 1690. The van der Waals surface area contributed by atoms with E-state index in [1.54, 1.807) is 12.3 Å². The quantitative estimate of drug-likeness (QED) is 0.130. The SMILES string of the molecule is C=CC(=O)Nc1cc(N2CCOCC2)ccc1Nc1cc2c(SC)c(C(=O)c3c(F)c(OC)cc(OC)c3F)oc2cn1.